The molecule has 1 heterocycles. The molecule has 92 valence electrons. The Bertz CT molecular complexity index is 574. The van der Waals surface area contributed by atoms with Crippen LogP contribution >= 0.6 is 0 Å². The molecule has 0 atom stereocenters. The second kappa shape index (κ2) is 5.24. The monoisotopic (exact) mass is 246 g/mol. The molecule has 0 aliphatic carbocycles. The van der Waals surface area contributed by atoms with Gasteiger partial charge < -0.3 is 10.7 Å². The molecule has 2 aromatic rings. The summed E-state index contributed by atoms with van der Waals surface area (Å²) in [6, 6.07) is 10.4. The van der Waals surface area contributed by atoms with E-state index in [4.69, 9.17) is 5.84 Å². The minimum atomic E-state index is -0.433. The molecule has 0 unspecified atom stereocenters. The van der Waals surface area contributed by atoms with Crippen LogP contribution in [0.25, 0.3) is 0 Å². The summed E-state index contributed by atoms with van der Waals surface area (Å²) in [6.45, 7) is 0. The van der Waals surface area contributed by atoms with Crippen molar-refractivity contribution in [1.29, 1.82) is 0 Å². The van der Waals surface area contributed by atoms with E-state index in [1.54, 1.807) is 18.2 Å². The zero-order chi connectivity index (χ0) is 13.0. The van der Waals surface area contributed by atoms with Crippen LogP contribution in [-0.2, 0) is 0 Å². The first-order valence-corrected chi connectivity index (χ1v) is 5.19. The van der Waals surface area contributed by atoms with Gasteiger partial charge in [-0.05, 0) is 30.3 Å². The number of halogens is 1. The van der Waals surface area contributed by atoms with E-state index >= 15 is 0 Å². The van der Waals surface area contributed by atoms with E-state index in [2.05, 4.69) is 15.7 Å². The molecule has 4 N–H and O–H groups in total. The number of hydrogen-bond donors (Lipinski definition) is 3. The number of nitrogen functional groups attached to an aromatic ring is 1. The van der Waals surface area contributed by atoms with Crippen LogP contribution in [0.5, 0.6) is 0 Å². The number of hydrogen-bond acceptors (Lipinski definition) is 4. The summed E-state index contributed by atoms with van der Waals surface area (Å²) in [5.41, 5.74) is 2.90. The van der Waals surface area contributed by atoms with Gasteiger partial charge in [0.1, 0.15) is 17.3 Å². The SMILES string of the molecule is NNc1cccc(C(=O)Nc2cccc(F)c2)n1. The predicted octanol–water partition coefficient (Wildman–Crippen LogP) is 1.76. The van der Waals surface area contributed by atoms with Crippen molar-refractivity contribution in [1.82, 2.24) is 4.98 Å². The van der Waals surface area contributed by atoms with Crippen LogP contribution in [0, 0.1) is 5.82 Å². The third-order valence-electron chi connectivity index (χ3n) is 2.21. The molecule has 0 spiro atoms. The summed E-state index contributed by atoms with van der Waals surface area (Å²) in [6.07, 6.45) is 0. The number of nitrogens with zero attached hydrogens (tertiary/aromatic N) is 1. The topological polar surface area (TPSA) is 80.0 Å². The Morgan fingerprint density at radius 2 is 2.00 bits per heavy atom. The predicted molar refractivity (Wildman–Crippen MR) is 66.4 cm³/mol. The van der Waals surface area contributed by atoms with E-state index in [0.717, 1.165) is 0 Å². The molecule has 1 aromatic heterocycles. The maximum atomic E-state index is 12.9. The van der Waals surface area contributed by atoms with Crippen LogP contribution in [0.2, 0.25) is 0 Å². The summed E-state index contributed by atoms with van der Waals surface area (Å²) < 4.78 is 12.9. The molecule has 0 fully saturated rings. The van der Waals surface area contributed by atoms with Gasteiger partial charge in [-0.1, -0.05) is 12.1 Å². The van der Waals surface area contributed by atoms with Crippen LogP contribution in [0.3, 0.4) is 0 Å². The van der Waals surface area contributed by atoms with E-state index in [1.807, 2.05) is 0 Å². The Hall–Kier alpha value is -2.47. The number of nitrogens with two attached hydrogens (primary N) is 1. The van der Waals surface area contributed by atoms with Crippen molar-refractivity contribution >= 4 is 17.4 Å². The summed E-state index contributed by atoms with van der Waals surface area (Å²) in [4.78, 5) is 15.8. The lowest BCUT2D eigenvalue weighted by atomic mass is 10.3. The summed E-state index contributed by atoms with van der Waals surface area (Å²) in [7, 11) is 0. The third kappa shape index (κ3) is 2.80. The smallest absolute Gasteiger partial charge is 0.274 e. The molecular formula is C12H11FN4O. The van der Waals surface area contributed by atoms with Gasteiger partial charge in [-0.3, -0.25) is 4.79 Å². The van der Waals surface area contributed by atoms with Gasteiger partial charge in [-0.15, -0.1) is 0 Å². The van der Waals surface area contributed by atoms with Crippen LogP contribution in [-0.4, -0.2) is 10.9 Å². The molecule has 5 nitrogen and oxygen atoms in total. The fourth-order valence-electron chi connectivity index (χ4n) is 1.40. The molecule has 0 aliphatic heterocycles. The maximum Gasteiger partial charge on any atom is 0.274 e. The fraction of sp³-hybridized carbons (Fsp3) is 0. The van der Waals surface area contributed by atoms with Crippen LogP contribution in [0.1, 0.15) is 10.5 Å². The highest BCUT2D eigenvalue weighted by Crippen LogP contribution is 2.11. The van der Waals surface area contributed by atoms with Crippen molar-refractivity contribution in [2.24, 2.45) is 5.84 Å². The molecule has 0 aliphatic rings. The lowest BCUT2D eigenvalue weighted by Crippen LogP contribution is -2.16. The quantitative estimate of drug-likeness (QED) is 0.569. The first kappa shape index (κ1) is 12.0. The normalized spacial score (nSPS) is 9.89. The Morgan fingerprint density at radius 3 is 2.72 bits per heavy atom. The lowest BCUT2D eigenvalue weighted by molar-refractivity contribution is 0.102. The van der Waals surface area contributed by atoms with Gasteiger partial charge in [-0.2, -0.15) is 0 Å². The number of carbonyl (C=O) groups excluding carboxylic acids is 1. The number of aromatic nitrogens is 1. The maximum absolute atomic E-state index is 12.9. The van der Waals surface area contributed by atoms with Gasteiger partial charge in [-0.25, -0.2) is 15.2 Å². The Balaban J connectivity index is 2.16. The Labute approximate surface area is 103 Å². The zero-order valence-corrected chi connectivity index (χ0v) is 9.35. The number of carbonyl (C=O) groups is 1. The Kier molecular flexibility index (Phi) is 3.49. The van der Waals surface area contributed by atoms with E-state index in [0.29, 0.717) is 11.5 Å². The molecule has 0 radical (unpaired) electrons. The number of anilines is 2. The minimum Gasteiger partial charge on any atom is -0.321 e. The average Bonchev–Trinajstić information content (AvgIpc) is 2.39. The van der Waals surface area contributed by atoms with Crippen LogP contribution < -0.4 is 16.6 Å². The summed E-state index contributed by atoms with van der Waals surface area (Å²) >= 11 is 0. The fourth-order valence-corrected chi connectivity index (χ4v) is 1.40. The second-order valence-corrected chi connectivity index (χ2v) is 3.52. The first-order valence-electron chi connectivity index (χ1n) is 5.19. The molecule has 0 bridgehead atoms. The molecule has 0 saturated heterocycles. The zero-order valence-electron chi connectivity index (χ0n) is 9.35. The van der Waals surface area contributed by atoms with Gasteiger partial charge in [0.05, 0.1) is 0 Å². The minimum absolute atomic E-state index is 0.190. The van der Waals surface area contributed by atoms with Crippen molar-refractivity contribution in [3.63, 3.8) is 0 Å². The van der Waals surface area contributed by atoms with Gasteiger partial charge >= 0.3 is 0 Å². The number of nitrogens with one attached hydrogen (secondary N) is 2. The van der Waals surface area contributed by atoms with Crippen LogP contribution in [0.15, 0.2) is 42.5 Å². The van der Waals surface area contributed by atoms with Gasteiger partial charge in [0.15, 0.2) is 0 Å². The standard InChI is InChI=1S/C12H11FN4O/c13-8-3-1-4-9(7-8)15-12(18)10-5-2-6-11(16-10)17-14/h1-7H,14H2,(H,15,18)(H,16,17). The summed E-state index contributed by atoms with van der Waals surface area (Å²) in [5.74, 6) is 4.72. The van der Waals surface area contributed by atoms with E-state index in [-0.39, 0.29) is 5.69 Å². The first-order chi connectivity index (χ1) is 8.69. The highest BCUT2D eigenvalue weighted by atomic mass is 19.1. The number of hydrazine groups is 1. The average molecular weight is 246 g/mol. The molecule has 2 rings (SSSR count). The highest BCUT2D eigenvalue weighted by Gasteiger charge is 2.08. The highest BCUT2D eigenvalue weighted by molar-refractivity contribution is 6.03. The molecule has 0 saturated carbocycles. The number of amides is 1. The Morgan fingerprint density at radius 1 is 1.22 bits per heavy atom. The molecular weight excluding hydrogens is 235 g/mol. The van der Waals surface area contributed by atoms with Crippen molar-refractivity contribution in [2.45, 2.75) is 0 Å². The summed E-state index contributed by atoms with van der Waals surface area (Å²) in [5, 5.41) is 2.54. The van der Waals surface area contributed by atoms with Crippen LogP contribution in [0.4, 0.5) is 15.9 Å². The van der Waals surface area contributed by atoms with E-state index < -0.39 is 11.7 Å². The lowest BCUT2D eigenvalue weighted by Gasteiger charge is -2.06. The molecule has 6 heteroatoms. The van der Waals surface area contributed by atoms with Gasteiger partial charge in [0, 0.05) is 5.69 Å². The number of rotatable bonds is 3. The van der Waals surface area contributed by atoms with Gasteiger partial charge in [0.25, 0.3) is 5.91 Å². The largest absolute Gasteiger partial charge is 0.321 e. The third-order valence-corrected chi connectivity index (χ3v) is 2.21. The van der Waals surface area contributed by atoms with Crippen molar-refractivity contribution in [3.8, 4) is 0 Å². The van der Waals surface area contributed by atoms with E-state index in [1.165, 1.54) is 24.3 Å². The number of benzene rings is 1. The van der Waals surface area contributed by atoms with E-state index in [9.17, 15) is 9.18 Å². The van der Waals surface area contributed by atoms with Crippen molar-refractivity contribution in [2.75, 3.05) is 10.7 Å². The van der Waals surface area contributed by atoms with Gasteiger partial charge in [0.2, 0.25) is 0 Å². The van der Waals surface area contributed by atoms with Crippen molar-refractivity contribution in [3.05, 3.63) is 54.0 Å². The molecule has 1 aromatic carbocycles. The molecule has 18 heavy (non-hydrogen) atoms. The van der Waals surface area contributed by atoms with Crippen molar-refractivity contribution < 1.29 is 9.18 Å². The molecule has 1 amide bonds. The second-order valence-electron chi connectivity index (χ2n) is 3.52. The number of pyridine rings is 1.